The molecule has 0 spiro atoms. The van der Waals surface area contributed by atoms with Crippen molar-refractivity contribution in [2.45, 2.75) is 34.1 Å². The Labute approximate surface area is 122 Å². The molecule has 0 radical (unpaired) electrons. The van der Waals surface area contributed by atoms with Crippen molar-refractivity contribution in [1.29, 1.82) is 0 Å². The van der Waals surface area contributed by atoms with Crippen molar-refractivity contribution in [3.8, 4) is 0 Å². The first-order chi connectivity index (χ1) is 9.49. The lowest BCUT2D eigenvalue weighted by molar-refractivity contribution is -0.115. The molecule has 20 heavy (non-hydrogen) atoms. The minimum Gasteiger partial charge on any atom is -0.384 e. The fraction of sp³-hybridized carbons (Fsp3) is 0.562. The van der Waals surface area contributed by atoms with E-state index in [1.807, 2.05) is 32.0 Å². The molecule has 0 aliphatic rings. The number of benzene rings is 1. The second-order valence-electron chi connectivity index (χ2n) is 5.50. The van der Waals surface area contributed by atoms with E-state index in [1.54, 1.807) is 0 Å². The van der Waals surface area contributed by atoms with Gasteiger partial charge in [0.15, 0.2) is 0 Å². The fourth-order valence-electron chi connectivity index (χ4n) is 2.03. The van der Waals surface area contributed by atoms with E-state index in [0.717, 1.165) is 23.5 Å². The van der Waals surface area contributed by atoms with Crippen LogP contribution in [0.5, 0.6) is 0 Å². The molecule has 0 aromatic heterocycles. The molecule has 112 valence electrons. The highest BCUT2D eigenvalue weighted by molar-refractivity contribution is 5.92. The number of carbonyl (C=O) groups excluding carboxylic acids is 1. The van der Waals surface area contributed by atoms with Crippen molar-refractivity contribution in [2.75, 3.05) is 23.7 Å². The summed E-state index contributed by atoms with van der Waals surface area (Å²) in [5.41, 5.74) is 8.78. The van der Waals surface area contributed by atoms with Gasteiger partial charge in [-0.05, 0) is 43.0 Å². The summed E-state index contributed by atoms with van der Waals surface area (Å²) < 4.78 is 0. The van der Waals surface area contributed by atoms with Crippen LogP contribution in [0.25, 0.3) is 0 Å². The van der Waals surface area contributed by atoms with Crippen LogP contribution in [-0.2, 0) is 4.79 Å². The van der Waals surface area contributed by atoms with Gasteiger partial charge in [-0.25, -0.2) is 0 Å². The maximum Gasteiger partial charge on any atom is 0.224 e. The Morgan fingerprint density at radius 3 is 2.50 bits per heavy atom. The zero-order valence-corrected chi connectivity index (χ0v) is 13.0. The SMILES string of the molecule is CCC(=O)Nc1cccc(NCC(CN)C(C)C)c1C. The molecule has 1 aromatic rings. The first-order valence-corrected chi connectivity index (χ1v) is 7.33. The monoisotopic (exact) mass is 277 g/mol. The first-order valence-electron chi connectivity index (χ1n) is 7.33. The van der Waals surface area contributed by atoms with Crippen LogP contribution in [0.15, 0.2) is 18.2 Å². The van der Waals surface area contributed by atoms with Gasteiger partial charge in [-0.3, -0.25) is 4.79 Å². The molecule has 0 saturated heterocycles. The van der Waals surface area contributed by atoms with Crippen LogP contribution in [0.2, 0.25) is 0 Å². The Kier molecular flexibility index (Phi) is 6.52. The highest BCUT2D eigenvalue weighted by atomic mass is 16.1. The number of anilines is 2. The summed E-state index contributed by atoms with van der Waals surface area (Å²) in [5, 5.41) is 6.37. The molecule has 1 atom stereocenters. The summed E-state index contributed by atoms with van der Waals surface area (Å²) >= 11 is 0. The van der Waals surface area contributed by atoms with Crippen LogP contribution in [0, 0.1) is 18.8 Å². The zero-order valence-electron chi connectivity index (χ0n) is 13.0. The molecule has 1 amide bonds. The minimum absolute atomic E-state index is 0.0345. The third kappa shape index (κ3) is 4.53. The van der Waals surface area contributed by atoms with E-state index >= 15 is 0 Å². The maximum absolute atomic E-state index is 11.5. The summed E-state index contributed by atoms with van der Waals surface area (Å²) in [6.07, 6.45) is 0.486. The van der Waals surface area contributed by atoms with Crippen molar-refractivity contribution in [3.05, 3.63) is 23.8 Å². The summed E-state index contributed by atoms with van der Waals surface area (Å²) in [6.45, 7) is 9.76. The number of amides is 1. The number of nitrogens with one attached hydrogen (secondary N) is 2. The van der Waals surface area contributed by atoms with E-state index in [-0.39, 0.29) is 5.91 Å². The van der Waals surface area contributed by atoms with Gasteiger partial charge >= 0.3 is 0 Å². The molecule has 1 rings (SSSR count). The molecule has 1 unspecified atom stereocenters. The minimum atomic E-state index is 0.0345. The van der Waals surface area contributed by atoms with Crippen molar-refractivity contribution in [3.63, 3.8) is 0 Å². The lowest BCUT2D eigenvalue weighted by Gasteiger charge is -2.21. The molecule has 1 aromatic carbocycles. The molecule has 0 saturated carbocycles. The number of hydrogen-bond donors (Lipinski definition) is 3. The van der Waals surface area contributed by atoms with Crippen LogP contribution in [0.1, 0.15) is 32.8 Å². The van der Waals surface area contributed by atoms with Crippen molar-refractivity contribution in [2.24, 2.45) is 17.6 Å². The molecule has 0 aliphatic carbocycles. The quantitative estimate of drug-likeness (QED) is 0.717. The third-order valence-corrected chi connectivity index (χ3v) is 3.73. The number of carbonyl (C=O) groups is 1. The van der Waals surface area contributed by atoms with E-state index in [2.05, 4.69) is 24.5 Å². The van der Waals surface area contributed by atoms with E-state index < -0.39 is 0 Å². The van der Waals surface area contributed by atoms with Crippen molar-refractivity contribution in [1.82, 2.24) is 0 Å². The van der Waals surface area contributed by atoms with E-state index in [4.69, 9.17) is 5.73 Å². The second-order valence-corrected chi connectivity index (χ2v) is 5.50. The van der Waals surface area contributed by atoms with Crippen LogP contribution >= 0.6 is 0 Å². The molecule has 0 heterocycles. The Morgan fingerprint density at radius 1 is 1.30 bits per heavy atom. The molecular formula is C16H27N3O. The average Bonchev–Trinajstić information content (AvgIpc) is 2.42. The Hall–Kier alpha value is -1.55. The van der Waals surface area contributed by atoms with Crippen LogP contribution in [0.4, 0.5) is 11.4 Å². The van der Waals surface area contributed by atoms with E-state index in [1.165, 1.54) is 0 Å². The maximum atomic E-state index is 11.5. The van der Waals surface area contributed by atoms with Gasteiger partial charge in [-0.2, -0.15) is 0 Å². The van der Waals surface area contributed by atoms with E-state index in [0.29, 0.717) is 24.8 Å². The van der Waals surface area contributed by atoms with Gasteiger partial charge in [0.1, 0.15) is 0 Å². The summed E-state index contributed by atoms with van der Waals surface area (Å²) in [4.78, 5) is 11.5. The van der Waals surface area contributed by atoms with Gasteiger partial charge in [-0.1, -0.05) is 26.8 Å². The average molecular weight is 277 g/mol. The zero-order chi connectivity index (χ0) is 15.1. The molecule has 4 N–H and O–H groups in total. The lowest BCUT2D eigenvalue weighted by Crippen LogP contribution is -2.27. The van der Waals surface area contributed by atoms with Gasteiger partial charge < -0.3 is 16.4 Å². The smallest absolute Gasteiger partial charge is 0.224 e. The van der Waals surface area contributed by atoms with Crippen molar-refractivity contribution < 1.29 is 4.79 Å². The molecule has 4 nitrogen and oxygen atoms in total. The van der Waals surface area contributed by atoms with Crippen LogP contribution < -0.4 is 16.4 Å². The predicted octanol–water partition coefficient (Wildman–Crippen LogP) is 2.99. The Bertz CT molecular complexity index is 443. The summed E-state index contributed by atoms with van der Waals surface area (Å²) in [7, 11) is 0. The molecule has 0 fully saturated rings. The molecular weight excluding hydrogens is 250 g/mol. The fourth-order valence-corrected chi connectivity index (χ4v) is 2.03. The Balaban J connectivity index is 2.76. The normalized spacial score (nSPS) is 12.3. The van der Waals surface area contributed by atoms with Gasteiger partial charge in [0.05, 0.1) is 0 Å². The standard InChI is InChI=1S/C16H27N3O/c1-5-16(20)19-15-8-6-7-14(12(15)4)18-10-13(9-17)11(2)3/h6-8,11,13,18H,5,9-10,17H2,1-4H3,(H,19,20). The van der Waals surface area contributed by atoms with Crippen molar-refractivity contribution >= 4 is 17.3 Å². The highest BCUT2D eigenvalue weighted by Gasteiger charge is 2.12. The van der Waals surface area contributed by atoms with Crippen LogP contribution in [-0.4, -0.2) is 19.0 Å². The first kappa shape index (κ1) is 16.5. The third-order valence-electron chi connectivity index (χ3n) is 3.73. The topological polar surface area (TPSA) is 67.2 Å². The predicted molar refractivity (Wildman–Crippen MR) is 86.0 cm³/mol. The number of hydrogen-bond acceptors (Lipinski definition) is 3. The largest absolute Gasteiger partial charge is 0.384 e. The number of rotatable bonds is 7. The summed E-state index contributed by atoms with van der Waals surface area (Å²) in [6, 6.07) is 5.91. The molecule has 0 bridgehead atoms. The Morgan fingerprint density at radius 2 is 1.95 bits per heavy atom. The lowest BCUT2D eigenvalue weighted by atomic mass is 9.96. The second kappa shape index (κ2) is 7.90. The molecule has 0 aliphatic heterocycles. The van der Waals surface area contributed by atoms with Gasteiger partial charge in [0, 0.05) is 24.3 Å². The van der Waals surface area contributed by atoms with Gasteiger partial charge in [0.25, 0.3) is 0 Å². The van der Waals surface area contributed by atoms with Gasteiger partial charge in [-0.15, -0.1) is 0 Å². The van der Waals surface area contributed by atoms with Gasteiger partial charge in [0.2, 0.25) is 5.91 Å². The molecule has 4 heteroatoms. The van der Waals surface area contributed by atoms with E-state index in [9.17, 15) is 4.79 Å². The van der Waals surface area contributed by atoms with Crippen LogP contribution in [0.3, 0.4) is 0 Å². The number of nitrogens with two attached hydrogens (primary N) is 1. The summed E-state index contributed by atoms with van der Waals surface area (Å²) in [5.74, 6) is 1.03. The highest BCUT2D eigenvalue weighted by Crippen LogP contribution is 2.24.